The largest absolute Gasteiger partial charge is 0.497 e. The number of carbonyl (C=O) groups is 1. The van der Waals surface area contributed by atoms with E-state index < -0.39 is 15.9 Å². The summed E-state index contributed by atoms with van der Waals surface area (Å²) in [6.07, 6.45) is 2.22. The highest BCUT2D eigenvalue weighted by atomic mass is 32.2. The second kappa shape index (κ2) is 7.84. The van der Waals surface area contributed by atoms with Crippen molar-refractivity contribution in [2.24, 2.45) is 0 Å². The molecule has 1 fully saturated rings. The number of sulfone groups is 1. The van der Waals surface area contributed by atoms with E-state index in [9.17, 15) is 8.42 Å². The topological polar surface area (TPSA) is 113 Å². The van der Waals surface area contributed by atoms with Crippen LogP contribution in [0.15, 0.2) is 29.2 Å². The molecule has 0 aliphatic heterocycles. The third-order valence-corrected chi connectivity index (χ3v) is 5.50. The smallest absolute Gasteiger partial charge is 0.428 e. The molecule has 1 aromatic rings. The van der Waals surface area contributed by atoms with Crippen LogP contribution in [0, 0.1) is 0 Å². The van der Waals surface area contributed by atoms with Gasteiger partial charge < -0.3 is 9.84 Å². The fraction of sp³-hybridized carbons (Fsp3) is 0.462. The summed E-state index contributed by atoms with van der Waals surface area (Å²) in [7, 11) is -1.55. The Balaban J connectivity index is 0.000000383. The van der Waals surface area contributed by atoms with Gasteiger partial charge in [0.15, 0.2) is 9.84 Å². The molecule has 2 rings (SSSR count). The first-order chi connectivity index (χ1) is 9.91. The summed E-state index contributed by atoms with van der Waals surface area (Å²) in [6, 6.07) is 6.66. The number of hydrogen-bond acceptors (Lipinski definition) is 5. The van der Waals surface area contributed by atoms with Gasteiger partial charge in [0, 0.05) is 0 Å². The average Bonchev–Trinajstić information content (AvgIpc) is 3.03. The summed E-state index contributed by atoms with van der Waals surface area (Å²) in [5, 5.41) is 14.5. The van der Waals surface area contributed by atoms with Crippen molar-refractivity contribution in [1.29, 1.82) is 0 Å². The summed E-state index contributed by atoms with van der Waals surface area (Å²) in [5.41, 5.74) is 0.944. The highest BCUT2D eigenvalue weighted by molar-refractivity contribution is 7.92. The molecule has 118 valence electrons. The summed E-state index contributed by atoms with van der Waals surface area (Å²) >= 11 is 0. The highest BCUT2D eigenvalue weighted by Crippen LogP contribution is 2.30. The van der Waals surface area contributed by atoms with Gasteiger partial charge in [-0.1, -0.05) is 12.8 Å². The van der Waals surface area contributed by atoms with Gasteiger partial charge in [0.05, 0.1) is 17.3 Å². The van der Waals surface area contributed by atoms with Crippen molar-refractivity contribution in [3.05, 3.63) is 24.3 Å². The van der Waals surface area contributed by atoms with Crippen LogP contribution in [0.25, 0.3) is 0 Å². The number of amides is 1. The number of rotatable bonds is 3. The summed E-state index contributed by atoms with van der Waals surface area (Å²) in [6.45, 7) is 0. The molecule has 8 heteroatoms. The maximum absolute atomic E-state index is 12.2. The van der Waals surface area contributed by atoms with Gasteiger partial charge in [-0.3, -0.25) is 5.21 Å². The predicted molar refractivity (Wildman–Crippen MR) is 75.4 cm³/mol. The number of carboxylic acid groups (broad SMARTS) is 1. The average molecular weight is 317 g/mol. The lowest BCUT2D eigenvalue weighted by atomic mass is 10.3. The molecule has 0 aromatic heterocycles. The molecule has 0 spiro atoms. The van der Waals surface area contributed by atoms with E-state index in [1.54, 1.807) is 31.4 Å². The standard InChI is InChI=1S/C12H16O3S.CH3NO3/c1-15-10-6-8-12(9-7-10)16(13,14)11-4-2-3-5-11;3-1(4)2-5/h6-9,11H,2-5H2,1H3;2,5H,(H,3,4). The molecule has 0 heterocycles. The van der Waals surface area contributed by atoms with E-state index in [0.29, 0.717) is 10.6 Å². The van der Waals surface area contributed by atoms with Crippen LogP contribution in [0.1, 0.15) is 25.7 Å². The van der Waals surface area contributed by atoms with E-state index >= 15 is 0 Å². The lowest BCUT2D eigenvalue weighted by Gasteiger charge is -2.11. The van der Waals surface area contributed by atoms with Crippen LogP contribution in [-0.2, 0) is 9.84 Å². The van der Waals surface area contributed by atoms with Crippen LogP contribution in [-0.4, -0.2) is 37.2 Å². The van der Waals surface area contributed by atoms with Crippen molar-refractivity contribution in [3.8, 4) is 5.75 Å². The first-order valence-electron chi connectivity index (χ1n) is 6.42. The molecule has 1 saturated carbocycles. The van der Waals surface area contributed by atoms with E-state index in [0.717, 1.165) is 31.2 Å². The molecule has 0 saturated heterocycles. The third-order valence-electron chi connectivity index (χ3n) is 3.22. The molecule has 3 N–H and O–H groups in total. The highest BCUT2D eigenvalue weighted by Gasteiger charge is 2.29. The van der Waals surface area contributed by atoms with Gasteiger partial charge in [0.2, 0.25) is 0 Å². The lowest BCUT2D eigenvalue weighted by molar-refractivity contribution is 0.122. The van der Waals surface area contributed by atoms with Crippen molar-refractivity contribution in [2.75, 3.05) is 7.11 Å². The fourth-order valence-corrected chi connectivity index (χ4v) is 4.01. The summed E-state index contributed by atoms with van der Waals surface area (Å²) in [5.74, 6) is 0.686. The van der Waals surface area contributed by atoms with Gasteiger partial charge in [-0.2, -0.15) is 0 Å². The van der Waals surface area contributed by atoms with E-state index in [2.05, 4.69) is 0 Å². The van der Waals surface area contributed by atoms with Gasteiger partial charge in [-0.15, -0.1) is 0 Å². The Bertz CT molecular complexity index is 549. The minimum Gasteiger partial charge on any atom is -0.497 e. The molecular formula is C13H19NO6S. The lowest BCUT2D eigenvalue weighted by Crippen LogP contribution is -2.17. The number of benzene rings is 1. The number of ether oxygens (including phenoxy) is 1. The molecule has 1 aromatic carbocycles. The van der Waals surface area contributed by atoms with Crippen molar-refractivity contribution >= 4 is 15.9 Å². The van der Waals surface area contributed by atoms with Gasteiger partial charge in [0.25, 0.3) is 0 Å². The van der Waals surface area contributed by atoms with Crippen LogP contribution in [0.5, 0.6) is 5.75 Å². The molecule has 21 heavy (non-hydrogen) atoms. The van der Waals surface area contributed by atoms with Crippen LogP contribution in [0.4, 0.5) is 4.79 Å². The minimum absolute atomic E-state index is 0.180. The molecule has 0 atom stereocenters. The maximum Gasteiger partial charge on any atom is 0.428 e. The molecule has 0 unspecified atom stereocenters. The second-order valence-corrected chi connectivity index (χ2v) is 6.77. The molecule has 0 bridgehead atoms. The van der Waals surface area contributed by atoms with Crippen LogP contribution < -0.4 is 10.2 Å². The zero-order chi connectivity index (χ0) is 15.9. The van der Waals surface area contributed by atoms with Crippen molar-refractivity contribution < 1.29 is 28.3 Å². The Hall–Kier alpha value is -1.80. The van der Waals surface area contributed by atoms with Crippen molar-refractivity contribution in [2.45, 2.75) is 35.8 Å². The molecule has 7 nitrogen and oxygen atoms in total. The van der Waals surface area contributed by atoms with Gasteiger partial charge in [-0.25, -0.2) is 18.7 Å². The summed E-state index contributed by atoms with van der Waals surface area (Å²) < 4.78 is 29.4. The van der Waals surface area contributed by atoms with E-state index in [1.807, 2.05) is 0 Å². The minimum atomic E-state index is -3.12. The number of hydroxylamine groups is 1. The SMILES string of the molecule is COc1ccc(S(=O)(=O)C2CCCC2)cc1.O=C(O)NO. The molecule has 1 aliphatic rings. The third kappa shape index (κ3) is 4.91. The second-order valence-electron chi connectivity index (χ2n) is 4.54. The Morgan fingerprint density at radius 3 is 2.10 bits per heavy atom. The monoisotopic (exact) mass is 317 g/mol. The quantitative estimate of drug-likeness (QED) is 0.581. The summed E-state index contributed by atoms with van der Waals surface area (Å²) in [4.78, 5) is 9.42. The van der Waals surface area contributed by atoms with Crippen LogP contribution in [0.3, 0.4) is 0 Å². The predicted octanol–water partition coefficient (Wildman–Crippen LogP) is 2.05. The first-order valence-corrected chi connectivity index (χ1v) is 7.97. The Kier molecular flexibility index (Phi) is 6.44. The van der Waals surface area contributed by atoms with Gasteiger partial charge >= 0.3 is 6.09 Å². The molecular weight excluding hydrogens is 298 g/mol. The number of hydrogen-bond donors (Lipinski definition) is 3. The van der Waals surface area contributed by atoms with Crippen molar-refractivity contribution in [3.63, 3.8) is 0 Å². The fourth-order valence-electron chi connectivity index (χ4n) is 2.16. The van der Waals surface area contributed by atoms with Crippen LogP contribution >= 0.6 is 0 Å². The van der Waals surface area contributed by atoms with E-state index in [1.165, 1.54) is 0 Å². The van der Waals surface area contributed by atoms with Gasteiger partial charge in [0.1, 0.15) is 5.75 Å². The first kappa shape index (κ1) is 17.3. The Morgan fingerprint density at radius 1 is 1.24 bits per heavy atom. The zero-order valence-corrected chi connectivity index (χ0v) is 12.5. The number of nitrogens with one attached hydrogen (secondary N) is 1. The number of methoxy groups -OCH3 is 1. The Labute approximate surface area is 123 Å². The zero-order valence-electron chi connectivity index (χ0n) is 11.7. The molecule has 0 radical (unpaired) electrons. The van der Waals surface area contributed by atoms with E-state index in [4.69, 9.17) is 19.8 Å². The van der Waals surface area contributed by atoms with E-state index in [-0.39, 0.29) is 5.25 Å². The normalized spacial score (nSPS) is 15.0. The Morgan fingerprint density at radius 2 is 1.71 bits per heavy atom. The van der Waals surface area contributed by atoms with Gasteiger partial charge in [-0.05, 0) is 37.1 Å². The van der Waals surface area contributed by atoms with Crippen LogP contribution in [0.2, 0.25) is 0 Å². The molecule has 1 amide bonds. The van der Waals surface area contributed by atoms with Crippen molar-refractivity contribution in [1.82, 2.24) is 5.48 Å². The maximum atomic E-state index is 12.2. The molecule has 1 aliphatic carbocycles.